The predicted octanol–water partition coefficient (Wildman–Crippen LogP) is 3.60. The summed E-state index contributed by atoms with van der Waals surface area (Å²) in [4.78, 5) is 11.3. The van der Waals surface area contributed by atoms with Gasteiger partial charge in [-0.05, 0) is 37.8 Å². The molecular weight excluding hydrogens is 258 g/mol. The van der Waals surface area contributed by atoms with Gasteiger partial charge in [0, 0.05) is 18.5 Å². The molecular formula is C15H20ClN3. The van der Waals surface area contributed by atoms with Crippen LogP contribution < -0.4 is 4.90 Å². The van der Waals surface area contributed by atoms with Crippen LogP contribution in [0.4, 0.5) is 5.82 Å². The maximum atomic E-state index is 4.51. The number of aromatic nitrogens is 2. The lowest BCUT2D eigenvalue weighted by atomic mass is 9.99. The first kappa shape index (κ1) is 14.1. The zero-order chi connectivity index (χ0) is 12.5. The van der Waals surface area contributed by atoms with Crippen LogP contribution in [-0.4, -0.2) is 23.1 Å². The van der Waals surface area contributed by atoms with E-state index in [0.29, 0.717) is 0 Å². The van der Waals surface area contributed by atoms with E-state index in [0.717, 1.165) is 30.3 Å². The second-order valence-electron chi connectivity index (χ2n) is 5.39. The fourth-order valence-corrected chi connectivity index (χ4v) is 2.63. The largest absolute Gasteiger partial charge is 0.356 e. The summed E-state index contributed by atoms with van der Waals surface area (Å²) in [5.74, 6) is 1.95. The van der Waals surface area contributed by atoms with Crippen LogP contribution in [0.1, 0.15) is 25.3 Å². The summed E-state index contributed by atoms with van der Waals surface area (Å²) in [5, 5.41) is 1.19. The summed E-state index contributed by atoms with van der Waals surface area (Å²) >= 11 is 0. The Morgan fingerprint density at radius 1 is 1.16 bits per heavy atom. The van der Waals surface area contributed by atoms with Crippen molar-refractivity contribution in [3.63, 3.8) is 0 Å². The molecule has 4 heteroatoms. The van der Waals surface area contributed by atoms with Crippen LogP contribution in [0.3, 0.4) is 0 Å². The highest BCUT2D eigenvalue weighted by molar-refractivity contribution is 5.89. The fourth-order valence-electron chi connectivity index (χ4n) is 2.63. The Balaban J connectivity index is 0.00000133. The molecule has 0 saturated carbocycles. The number of nitrogens with zero attached hydrogens (tertiary/aromatic N) is 3. The molecule has 1 fully saturated rings. The van der Waals surface area contributed by atoms with Gasteiger partial charge in [0.1, 0.15) is 12.1 Å². The average molecular weight is 278 g/mol. The van der Waals surface area contributed by atoms with Crippen LogP contribution in [-0.2, 0) is 0 Å². The van der Waals surface area contributed by atoms with Gasteiger partial charge in [0.25, 0.3) is 0 Å². The Bertz CT molecular complexity index is 562. The minimum atomic E-state index is 0. The Labute approximate surface area is 120 Å². The quantitative estimate of drug-likeness (QED) is 0.798. The van der Waals surface area contributed by atoms with E-state index in [-0.39, 0.29) is 12.4 Å². The number of piperidine rings is 1. The highest BCUT2D eigenvalue weighted by Crippen LogP contribution is 2.27. The molecule has 2 aromatic rings. The van der Waals surface area contributed by atoms with Crippen LogP contribution in [0.25, 0.3) is 10.9 Å². The van der Waals surface area contributed by atoms with Crippen molar-refractivity contribution in [2.75, 3.05) is 18.0 Å². The second-order valence-corrected chi connectivity index (χ2v) is 5.39. The van der Waals surface area contributed by atoms with Gasteiger partial charge in [-0.2, -0.15) is 0 Å². The van der Waals surface area contributed by atoms with E-state index in [2.05, 4.69) is 46.9 Å². The van der Waals surface area contributed by atoms with Gasteiger partial charge in [-0.1, -0.05) is 18.6 Å². The van der Waals surface area contributed by atoms with Crippen LogP contribution in [0.2, 0.25) is 0 Å². The molecule has 0 amide bonds. The molecule has 19 heavy (non-hydrogen) atoms. The highest BCUT2D eigenvalue weighted by Gasteiger charge is 2.18. The van der Waals surface area contributed by atoms with Crippen LogP contribution in [0.15, 0.2) is 24.5 Å². The summed E-state index contributed by atoms with van der Waals surface area (Å²) in [7, 11) is 0. The van der Waals surface area contributed by atoms with Gasteiger partial charge in [-0.15, -0.1) is 12.4 Å². The Kier molecular flexibility index (Phi) is 4.25. The predicted molar refractivity (Wildman–Crippen MR) is 82.1 cm³/mol. The third-order valence-corrected chi connectivity index (χ3v) is 3.85. The van der Waals surface area contributed by atoms with Gasteiger partial charge in [-0.25, -0.2) is 9.97 Å². The maximum absolute atomic E-state index is 4.51. The van der Waals surface area contributed by atoms with Gasteiger partial charge < -0.3 is 4.90 Å². The van der Waals surface area contributed by atoms with Gasteiger partial charge in [0.15, 0.2) is 0 Å². The van der Waals surface area contributed by atoms with Crippen molar-refractivity contribution in [2.24, 2.45) is 5.92 Å². The van der Waals surface area contributed by atoms with E-state index in [9.17, 15) is 0 Å². The smallest absolute Gasteiger partial charge is 0.139 e. The Morgan fingerprint density at radius 2 is 1.89 bits per heavy atom. The molecule has 3 rings (SSSR count). The third-order valence-electron chi connectivity index (χ3n) is 3.85. The monoisotopic (exact) mass is 277 g/mol. The van der Waals surface area contributed by atoms with Crippen molar-refractivity contribution in [1.82, 2.24) is 9.97 Å². The normalized spacial score (nSPS) is 16.4. The Morgan fingerprint density at radius 3 is 2.63 bits per heavy atom. The van der Waals surface area contributed by atoms with E-state index >= 15 is 0 Å². The van der Waals surface area contributed by atoms with Crippen molar-refractivity contribution < 1.29 is 0 Å². The van der Waals surface area contributed by atoms with Gasteiger partial charge >= 0.3 is 0 Å². The fraction of sp³-hybridized carbons (Fsp3) is 0.467. The number of benzene rings is 1. The number of hydrogen-bond donors (Lipinski definition) is 0. The molecule has 2 heterocycles. The summed E-state index contributed by atoms with van der Waals surface area (Å²) in [6.07, 6.45) is 4.21. The maximum Gasteiger partial charge on any atom is 0.139 e. The van der Waals surface area contributed by atoms with E-state index < -0.39 is 0 Å². The average Bonchev–Trinajstić information content (AvgIpc) is 2.39. The number of rotatable bonds is 1. The molecule has 1 aromatic carbocycles. The molecule has 0 spiro atoms. The molecule has 0 unspecified atom stereocenters. The molecule has 1 saturated heterocycles. The number of aryl methyl sites for hydroxylation is 1. The molecule has 1 aliphatic heterocycles. The van der Waals surface area contributed by atoms with Gasteiger partial charge in [0.05, 0.1) is 5.52 Å². The van der Waals surface area contributed by atoms with Crippen LogP contribution in [0.5, 0.6) is 0 Å². The first-order chi connectivity index (χ1) is 8.74. The zero-order valence-electron chi connectivity index (χ0n) is 11.5. The standard InChI is InChI=1S/C15H19N3.ClH/c1-11-5-7-18(8-6-11)15-13-9-12(2)3-4-14(13)16-10-17-15;/h3-4,9-11H,5-8H2,1-2H3;1H. The number of halogens is 1. The number of hydrogen-bond acceptors (Lipinski definition) is 3. The molecule has 1 aromatic heterocycles. The zero-order valence-corrected chi connectivity index (χ0v) is 12.3. The molecule has 3 nitrogen and oxygen atoms in total. The second kappa shape index (κ2) is 5.74. The van der Waals surface area contributed by atoms with Gasteiger partial charge in [-0.3, -0.25) is 0 Å². The summed E-state index contributed by atoms with van der Waals surface area (Å²) in [5.41, 5.74) is 2.31. The Hall–Kier alpha value is -1.35. The van der Waals surface area contributed by atoms with Gasteiger partial charge in [0.2, 0.25) is 0 Å². The first-order valence-electron chi connectivity index (χ1n) is 6.70. The lowest BCUT2D eigenvalue weighted by Crippen LogP contribution is -2.33. The van der Waals surface area contributed by atoms with E-state index in [1.807, 2.05) is 0 Å². The molecule has 0 atom stereocenters. The van der Waals surface area contributed by atoms with Crippen molar-refractivity contribution in [2.45, 2.75) is 26.7 Å². The topological polar surface area (TPSA) is 29.0 Å². The van der Waals surface area contributed by atoms with Crippen molar-refractivity contribution in [3.8, 4) is 0 Å². The molecule has 0 N–H and O–H groups in total. The van der Waals surface area contributed by atoms with E-state index in [4.69, 9.17) is 0 Å². The third kappa shape index (κ3) is 2.81. The summed E-state index contributed by atoms with van der Waals surface area (Å²) in [6.45, 7) is 6.68. The molecule has 0 aliphatic carbocycles. The van der Waals surface area contributed by atoms with E-state index in [1.54, 1.807) is 6.33 Å². The van der Waals surface area contributed by atoms with Crippen LogP contribution >= 0.6 is 12.4 Å². The summed E-state index contributed by atoms with van der Waals surface area (Å²) < 4.78 is 0. The first-order valence-corrected chi connectivity index (χ1v) is 6.70. The van der Waals surface area contributed by atoms with Crippen molar-refractivity contribution in [3.05, 3.63) is 30.1 Å². The molecule has 0 radical (unpaired) electrons. The lowest BCUT2D eigenvalue weighted by Gasteiger charge is -2.31. The lowest BCUT2D eigenvalue weighted by molar-refractivity contribution is 0.437. The van der Waals surface area contributed by atoms with Crippen molar-refractivity contribution in [1.29, 1.82) is 0 Å². The SMILES string of the molecule is Cc1ccc2ncnc(N3CCC(C)CC3)c2c1.Cl. The molecule has 0 bridgehead atoms. The molecule has 1 aliphatic rings. The molecule has 102 valence electrons. The van der Waals surface area contributed by atoms with E-state index in [1.165, 1.54) is 23.8 Å². The number of anilines is 1. The number of fused-ring (bicyclic) bond motifs is 1. The highest BCUT2D eigenvalue weighted by atomic mass is 35.5. The summed E-state index contributed by atoms with van der Waals surface area (Å²) in [6, 6.07) is 6.39. The minimum Gasteiger partial charge on any atom is -0.356 e. The minimum absolute atomic E-state index is 0. The van der Waals surface area contributed by atoms with Crippen molar-refractivity contribution >= 4 is 29.1 Å². The van der Waals surface area contributed by atoms with Crippen LogP contribution in [0, 0.1) is 12.8 Å².